The zero-order chi connectivity index (χ0) is 9.42. The summed E-state index contributed by atoms with van der Waals surface area (Å²) in [5, 5.41) is 4.19. The van der Waals surface area contributed by atoms with Gasteiger partial charge in [0.05, 0.1) is 5.69 Å². The van der Waals surface area contributed by atoms with E-state index in [1.165, 1.54) is 0 Å². The van der Waals surface area contributed by atoms with E-state index in [1.54, 1.807) is 4.52 Å². The van der Waals surface area contributed by atoms with Crippen LogP contribution in [0, 0.1) is 0 Å². The minimum Gasteiger partial charge on any atom is -0.382 e. The number of aromatic nitrogens is 3. The van der Waals surface area contributed by atoms with Gasteiger partial charge in [-0.15, -0.1) is 12.4 Å². The highest BCUT2D eigenvalue weighted by Gasteiger charge is 2.07. The van der Waals surface area contributed by atoms with Crippen molar-refractivity contribution in [2.24, 2.45) is 0 Å². The maximum absolute atomic E-state index is 5.84. The predicted octanol–water partition coefficient (Wildman–Crippen LogP) is 2.06. The SMILES string of the molecule is CCc1nc2ccc(Br)nn2c1N.Cl. The highest BCUT2D eigenvalue weighted by Crippen LogP contribution is 2.15. The van der Waals surface area contributed by atoms with Crippen LogP contribution >= 0.6 is 28.3 Å². The molecule has 0 aromatic carbocycles. The lowest BCUT2D eigenvalue weighted by atomic mass is 10.3. The standard InChI is InChI=1S/C8H9BrN4.ClH/c1-2-5-8(10)13-7(11-5)4-3-6(9)12-13;/h3-4H,2,10H2,1H3;1H. The molecule has 0 amide bonds. The summed E-state index contributed by atoms with van der Waals surface area (Å²) in [5.41, 5.74) is 7.52. The lowest BCUT2D eigenvalue weighted by Gasteiger charge is -1.95. The molecule has 0 fully saturated rings. The molecule has 0 radical (unpaired) electrons. The summed E-state index contributed by atoms with van der Waals surface area (Å²) in [6.45, 7) is 2.02. The Labute approximate surface area is 96.0 Å². The van der Waals surface area contributed by atoms with Gasteiger partial charge in [-0.1, -0.05) is 6.92 Å². The van der Waals surface area contributed by atoms with Crippen LogP contribution < -0.4 is 5.73 Å². The van der Waals surface area contributed by atoms with Crippen LogP contribution in [0.2, 0.25) is 0 Å². The molecule has 76 valence electrons. The monoisotopic (exact) mass is 276 g/mol. The third-order valence-electron chi connectivity index (χ3n) is 1.89. The minimum absolute atomic E-state index is 0. The molecule has 2 heterocycles. The van der Waals surface area contributed by atoms with Crippen molar-refractivity contribution in [3.63, 3.8) is 0 Å². The second-order valence-electron chi connectivity index (χ2n) is 2.72. The molecule has 6 heteroatoms. The van der Waals surface area contributed by atoms with E-state index < -0.39 is 0 Å². The van der Waals surface area contributed by atoms with E-state index in [2.05, 4.69) is 26.0 Å². The Bertz CT molecular complexity index is 454. The van der Waals surface area contributed by atoms with Crippen molar-refractivity contribution in [3.8, 4) is 0 Å². The van der Waals surface area contributed by atoms with Gasteiger partial charge in [0.15, 0.2) is 5.65 Å². The molecule has 0 bridgehead atoms. The zero-order valence-electron chi connectivity index (χ0n) is 7.57. The number of hydrogen-bond donors (Lipinski definition) is 1. The van der Waals surface area contributed by atoms with Crippen molar-refractivity contribution < 1.29 is 0 Å². The average Bonchev–Trinajstić information content (AvgIpc) is 2.44. The Balaban J connectivity index is 0.000000980. The Hall–Kier alpha value is -0.810. The molecular formula is C8H10BrClN4. The number of nitrogens with two attached hydrogens (primary N) is 1. The molecule has 2 aromatic heterocycles. The largest absolute Gasteiger partial charge is 0.382 e. The minimum atomic E-state index is 0. The molecule has 0 aliphatic carbocycles. The van der Waals surface area contributed by atoms with Gasteiger partial charge in [0.2, 0.25) is 0 Å². The van der Waals surface area contributed by atoms with Gasteiger partial charge >= 0.3 is 0 Å². The molecule has 2 N–H and O–H groups in total. The van der Waals surface area contributed by atoms with E-state index in [0.29, 0.717) is 5.82 Å². The van der Waals surface area contributed by atoms with Gasteiger partial charge in [0.1, 0.15) is 10.4 Å². The van der Waals surface area contributed by atoms with Crippen LogP contribution in [0.5, 0.6) is 0 Å². The smallest absolute Gasteiger partial charge is 0.156 e. The summed E-state index contributed by atoms with van der Waals surface area (Å²) >= 11 is 3.28. The van der Waals surface area contributed by atoms with Gasteiger partial charge in [-0.3, -0.25) is 0 Å². The number of hydrogen-bond acceptors (Lipinski definition) is 3. The lowest BCUT2D eigenvalue weighted by molar-refractivity contribution is 0.923. The summed E-state index contributed by atoms with van der Waals surface area (Å²) in [5.74, 6) is 0.624. The zero-order valence-corrected chi connectivity index (χ0v) is 9.97. The van der Waals surface area contributed by atoms with Gasteiger partial charge in [-0.2, -0.15) is 9.61 Å². The Morgan fingerprint density at radius 3 is 2.86 bits per heavy atom. The van der Waals surface area contributed by atoms with E-state index in [0.717, 1.165) is 22.4 Å². The molecular weight excluding hydrogens is 267 g/mol. The first-order valence-electron chi connectivity index (χ1n) is 4.02. The van der Waals surface area contributed by atoms with Gasteiger partial charge in [0, 0.05) is 0 Å². The third-order valence-corrected chi connectivity index (χ3v) is 2.31. The molecule has 0 saturated carbocycles. The predicted molar refractivity (Wildman–Crippen MR) is 61.7 cm³/mol. The molecule has 0 spiro atoms. The maximum Gasteiger partial charge on any atom is 0.156 e. The molecule has 4 nitrogen and oxygen atoms in total. The molecule has 2 aromatic rings. The van der Waals surface area contributed by atoms with Crippen molar-refractivity contribution in [3.05, 3.63) is 22.4 Å². The second-order valence-corrected chi connectivity index (χ2v) is 3.54. The van der Waals surface area contributed by atoms with Gasteiger partial charge < -0.3 is 5.73 Å². The fourth-order valence-corrected chi connectivity index (χ4v) is 1.52. The van der Waals surface area contributed by atoms with E-state index in [1.807, 2.05) is 19.1 Å². The fourth-order valence-electron chi connectivity index (χ4n) is 1.23. The van der Waals surface area contributed by atoms with E-state index in [-0.39, 0.29) is 12.4 Å². The molecule has 0 saturated heterocycles. The van der Waals surface area contributed by atoms with Crippen LogP contribution in [0.15, 0.2) is 16.7 Å². The van der Waals surface area contributed by atoms with Crippen LogP contribution in [0.3, 0.4) is 0 Å². The molecule has 0 atom stereocenters. The topological polar surface area (TPSA) is 56.2 Å². The summed E-state index contributed by atoms with van der Waals surface area (Å²) < 4.78 is 2.40. The fraction of sp³-hybridized carbons (Fsp3) is 0.250. The quantitative estimate of drug-likeness (QED) is 0.868. The number of imidazole rings is 1. The van der Waals surface area contributed by atoms with Gasteiger partial charge in [0.25, 0.3) is 0 Å². The number of rotatable bonds is 1. The summed E-state index contributed by atoms with van der Waals surface area (Å²) in [6, 6.07) is 3.73. The maximum atomic E-state index is 5.84. The first-order valence-corrected chi connectivity index (χ1v) is 4.81. The Morgan fingerprint density at radius 2 is 2.21 bits per heavy atom. The van der Waals surface area contributed by atoms with Crippen molar-refractivity contribution in [2.75, 3.05) is 5.73 Å². The molecule has 14 heavy (non-hydrogen) atoms. The summed E-state index contributed by atoms with van der Waals surface area (Å²) in [4.78, 5) is 4.33. The van der Waals surface area contributed by atoms with Crippen LogP contribution in [0.1, 0.15) is 12.6 Å². The van der Waals surface area contributed by atoms with Crippen molar-refractivity contribution in [2.45, 2.75) is 13.3 Å². The molecule has 2 rings (SSSR count). The number of fused-ring (bicyclic) bond motifs is 1. The normalized spacial score (nSPS) is 10.1. The van der Waals surface area contributed by atoms with E-state index in [9.17, 15) is 0 Å². The number of anilines is 1. The van der Waals surface area contributed by atoms with E-state index >= 15 is 0 Å². The van der Waals surface area contributed by atoms with Crippen molar-refractivity contribution in [1.29, 1.82) is 0 Å². The van der Waals surface area contributed by atoms with Crippen LogP contribution in [-0.2, 0) is 6.42 Å². The van der Waals surface area contributed by atoms with Crippen LogP contribution in [0.4, 0.5) is 5.82 Å². The Morgan fingerprint density at radius 1 is 1.50 bits per heavy atom. The number of halogens is 2. The lowest BCUT2D eigenvalue weighted by Crippen LogP contribution is -1.98. The van der Waals surface area contributed by atoms with Crippen molar-refractivity contribution in [1.82, 2.24) is 14.6 Å². The summed E-state index contributed by atoms with van der Waals surface area (Å²) in [6.07, 6.45) is 0.826. The summed E-state index contributed by atoms with van der Waals surface area (Å²) in [7, 11) is 0. The molecule has 0 aliphatic heterocycles. The van der Waals surface area contributed by atoms with Crippen LogP contribution in [-0.4, -0.2) is 14.6 Å². The highest BCUT2D eigenvalue weighted by molar-refractivity contribution is 9.10. The first-order chi connectivity index (χ1) is 6.22. The number of nitrogen functional groups attached to an aromatic ring is 1. The van der Waals surface area contributed by atoms with Gasteiger partial charge in [-0.25, -0.2) is 4.98 Å². The highest BCUT2D eigenvalue weighted by atomic mass is 79.9. The second kappa shape index (κ2) is 4.14. The first kappa shape index (κ1) is 11.3. The third kappa shape index (κ3) is 1.69. The number of aryl methyl sites for hydroxylation is 1. The Kier molecular flexibility index (Phi) is 3.34. The molecule has 0 unspecified atom stereocenters. The van der Waals surface area contributed by atoms with Crippen LogP contribution in [0.25, 0.3) is 5.65 Å². The molecule has 0 aliphatic rings. The van der Waals surface area contributed by atoms with Gasteiger partial charge in [-0.05, 0) is 34.5 Å². The van der Waals surface area contributed by atoms with Crippen molar-refractivity contribution >= 4 is 39.8 Å². The number of nitrogens with zero attached hydrogens (tertiary/aromatic N) is 3. The average molecular weight is 278 g/mol. The van der Waals surface area contributed by atoms with E-state index in [4.69, 9.17) is 5.73 Å².